The lowest BCUT2D eigenvalue weighted by Crippen LogP contribution is -2.35. The van der Waals surface area contributed by atoms with Crippen LogP contribution in [0, 0.1) is 6.92 Å². The third-order valence-corrected chi connectivity index (χ3v) is 9.93. The highest BCUT2D eigenvalue weighted by atomic mass is 35.5. The molecule has 7 nitrogen and oxygen atoms in total. The lowest BCUT2D eigenvalue weighted by Gasteiger charge is -2.30. The molecule has 212 valence electrons. The highest BCUT2D eigenvalue weighted by Crippen LogP contribution is 2.35. The van der Waals surface area contributed by atoms with Crippen molar-refractivity contribution in [2.24, 2.45) is 0 Å². The summed E-state index contributed by atoms with van der Waals surface area (Å²) >= 11 is 7.69. The highest BCUT2D eigenvalue weighted by Gasteiger charge is 2.29. The molecule has 3 aromatic carbocycles. The van der Waals surface area contributed by atoms with E-state index in [1.807, 2.05) is 57.4 Å². The van der Waals surface area contributed by atoms with Crippen molar-refractivity contribution >= 4 is 72.3 Å². The smallest absolute Gasteiger partial charge is 0.264 e. The minimum atomic E-state index is -3.76. The number of hydrogen-bond donors (Lipinski definition) is 0. The van der Waals surface area contributed by atoms with Gasteiger partial charge in [-0.25, -0.2) is 13.4 Å². The molecule has 0 unspecified atom stereocenters. The van der Waals surface area contributed by atoms with Gasteiger partial charge >= 0.3 is 0 Å². The largest absolute Gasteiger partial charge is 0.309 e. The highest BCUT2D eigenvalue weighted by molar-refractivity contribution is 7.92. The summed E-state index contributed by atoms with van der Waals surface area (Å²) < 4.78 is 29.5. The number of nitrogens with zero attached hydrogens (tertiary/aromatic N) is 4. The standard InChI is InChI=1S/C29H31ClN4O3S2.ClH/c1-20-18-23(30)19-26-27(20)31-29(38-26)33(16-7-15-32(2)3)28(35)22-11-13-24(14-12-22)39(36,37)34-17-6-9-21-8-4-5-10-25(21)34;/h4-5,8,10-14,18-19H,6-7,9,15-17H2,1-3H3;1H. The van der Waals surface area contributed by atoms with E-state index in [0.717, 1.165) is 52.8 Å². The first-order chi connectivity index (χ1) is 18.6. The summed E-state index contributed by atoms with van der Waals surface area (Å²) in [6.07, 6.45) is 2.38. The van der Waals surface area contributed by atoms with Crippen LogP contribution in [0.5, 0.6) is 0 Å². The van der Waals surface area contributed by atoms with Gasteiger partial charge in [-0.3, -0.25) is 14.0 Å². The fourth-order valence-electron chi connectivity index (χ4n) is 4.89. The van der Waals surface area contributed by atoms with Crippen LogP contribution < -0.4 is 9.21 Å². The predicted octanol–water partition coefficient (Wildman–Crippen LogP) is 6.42. The normalized spacial score (nSPS) is 13.3. The van der Waals surface area contributed by atoms with Crippen LogP contribution in [0.4, 0.5) is 10.8 Å². The lowest BCUT2D eigenvalue weighted by atomic mass is 10.0. The Morgan fingerprint density at radius 3 is 2.52 bits per heavy atom. The molecule has 4 aromatic rings. The second kappa shape index (κ2) is 12.4. The molecule has 0 aliphatic carbocycles. The van der Waals surface area contributed by atoms with E-state index in [1.54, 1.807) is 17.0 Å². The number of benzene rings is 3. The van der Waals surface area contributed by atoms with Gasteiger partial charge in [-0.2, -0.15) is 0 Å². The molecule has 0 radical (unpaired) electrons. The van der Waals surface area contributed by atoms with Gasteiger partial charge in [0, 0.05) is 23.7 Å². The van der Waals surface area contributed by atoms with Crippen LogP contribution in [0.2, 0.25) is 5.02 Å². The van der Waals surface area contributed by atoms with E-state index in [1.165, 1.54) is 27.8 Å². The van der Waals surface area contributed by atoms with Gasteiger partial charge in [0.2, 0.25) is 0 Å². The Morgan fingerprint density at radius 1 is 1.07 bits per heavy atom. The molecule has 0 fully saturated rings. The van der Waals surface area contributed by atoms with Crippen molar-refractivity contribution in [2.45, 2.75) is 31.1 Å². The minimum absolute atomic E-state index is 0. The predicted molar refractivity (Wildman–Crippen MR) is 167 cm³/mol. The molecule has 1 amide bonds. The van der Waals surface area contributed by atoms with E-state index in [-0.39, 0.29) is 23.2 Å². The molecule has 40 heavy (non-hydrogen) atoms. The fourth-order valence-corrected chi connectivity index (χ4v) is 7.87. The molecule has 11 heteroatoms. The zero-order valence-corrected chi connectivity index (χ0v) is 25.8. The van der Waals surface area contributed by atoms with Crippen LogP contribution in [0.25, 0.3) is 10.2 Å². The maximum Gasteiger partial charge on any atom is 0.264 e. The average Bonchev–Trinajstić information content (AvgIpc) is 3.34. The van der Waals surface area contributed by atoms with Crippen molar-refractivity contribution < 1.29 is 13.2 Å². The number of rotatable bonds is 8. The molecular weight excluding hydrogens is 587 g/mol. The van der Waals surface area contributed by atoms with Gasteiger partial charge in [0.25, 0.3) is 15.9 Å². The number of carbonyl (C=O) groups excluding carboxylic acids is 1. The zero-order chi connectivity index (χ0) is 27.7. The van der Waals surface area contributed by atoms with Gasteiger partial charge in [0.1, 0.15) is 0 Å². The maximum absolute atomic E-state index is 13.8. The van der Waals surface area contributed by atoms with Crippen molar-refractivity contribution in [2.75, 3.05) is 42.9 Å². The fraction of sp³-hybridized carbons (Fsp3) is 0.310. The van der Waals surface area contributed by atoms with E-state index in [9.17, 15) is 13.2 Å². The molecule has 2 heterocycles. The molecule has 1 aliphatic heterocycles. The Kier molecular flexibility index (Phi) is 9.42. The zero-order valence-electron chi connectivity index (χ0n) is 22.6. The number of carbonyl (C=O) groups is 1. The molecule has 5 rings (SSSR count). The first-order valence-corrected chi connectivity index (χ1v) is 15.5. The number of anilines is 2. The van der Waals surface area contributed by atoms with E-state index in [4.69, 9.17) is 16.6 Å². The number of amides is 1. The number of aromatic nitrogens is 1. The van der Waals surface area contributed by atoms with Gasteiger partial charge in [-0.1, -0.05) is 41.1 Å². The summed E-state index contributed by atoms with van der Waals surface area (Å²) in [7, 11) is 0.230. The summed E-state index contributed by atoms with van der Waals surface area (Å²) in [5.74, 6) is -0.219. The third-order valence-electron chi connectivity index (χ3n) is 6.86. The summed E-state index contributed by atoms with van der Waals surface area (Å²) in [6.45, 7) is 3.68. The topological polar surface area (TPSA) is 73.8 Å². The Bertz CT molecular complexity index is 1620. The van der Waals surface area contributed by atoms with E-state index >= 15 is 0 Å². The van der Waals surface area contributed by atoms with Gasteiger partial charge in [0.15, 0.2) is 5.13 Å². The second-order valence-corrected chi connectivity index (χ2v) is 13.3. The molecule has 0 saturated carbocycles. The summed E-state index contributed by atoms with van der Waals surface area (Å²) in [5, 5.41) is 1.23. The van der Waals surface area contributed by atoms with E-state index < -0.39 is 10.0 Å². The molecule has 0 N–H and O–H groups in total. The lowest BCUT2D eigenvalue weighted by molar-refractivity contribution is 0.0986. The molecule has 1 aromatic heterocycles. The van der Waals surface area contributed by atoms with E-state index in [2.05, 4.69) is 4.90 Å². The number of fused-ring (bicyclic) bond motifs is 2. The van der Waals surface area contributed by atoms with Gasteiger partial charge in [-0.15, -0.1) is 12.4 Å². The van der Waals surface area contributed by atoms with Crippen molar-refractivity contribution in [3.8, 4) is 0 Å². The molecule has 1 aliphatic rings. The summed E-state index contributed by atoms with van der Waals surface area (Å²) in [5.41, 5.74) is 3.94. The van der Waals surface area contributed by atoms with Crippen molar-refractivity contribution in [3.05, 3.63) is 82.4 Å². The Balaban J connectivity index is 0.00000370. The van der Waals surface area contributed by atoms with Gasteiger partial charge in [0.05, 0.1) is 20.8 Å². The molecule has 0 bridgehead atoms. The first kappa shape index (κ1) is 30.3. The molecule has 0 spiro atoms. The van der Waals surface area contributed by atoms with Crippen molar-refractivity contribution in [3.63, 3.8) is 0 Å². The van der Waals surface area contributed by atoms with Crippen molar-refractivity contribution in [1.29, 1.82) is 0 Å². The van der Waals surface area contributed by atoms with Gasteiger partial charge in [-0.05, 0) is 100 Å². The summed E-state index contributed by atoms with van der Waals surface area (Å²) in [4.78, 5) is 22.5. The quantitative estimate of drug-likeness (QED) is 0.228. The number of aryl methyl sites for hydroxylation is 2. The van der Waals surface area contributed by atoms with Crippen LogP contribution in [0.1, 0.15) is 34.3 Å². The number of hydrogen-bond acceptors (Lipinski definition) is 6. The number of sulfonamides is 1. The molecular formula is C29H32Cl2N4O3S2. The number of para-hydroxylation sites is 1. The summed E-state index contributed by atoms with van der Waals surface area (Å²) in [6, 6.07) is 17.6. The minimum Gasteiger partial charge on any atom is -0.309 e. The first-order valence-electron chi connectivity index (χ1n) is 12.9. The van der Waals surface area contributed by atoms with Crippen LogP contribution in [0.3, 0.4) is 0 Å². The van der Waals surface area contributed by atoms with Gasteiger partial charge < -0.3 is 4.90 Å². The number of halogens is 2. The number of thiazole rings is 1. The van der Waals surface area contributed by atoms with Crippen LogP contribution >= 0.6 is 35.3 Å². The van der Waals surface area contributed by atoms with Crippen molar-refractivity contribution in [1.82, 2.24) is 9.88 Å². The maximum atomic E-state index is 13.8. The molecule has 0 atom stereocenters. The van der Waals surface area contributed by atoms with Crippen LogP contribution in [-0.2, 0) is 16.4 Å². The molecule has 0 saturated heterocycles. The van der Waals surface area contributed by atoms with Crippen LogP contribution in [0.15, 0.2) is 65.6 Å². The third kappa shape index (κ3) is 6.14. The second-order valence-electron chi connectivity index (χ2n) is 10.0. The van der Waals surface area contributed by atoms with E-state index in [0.29, 0.717) is 28.8 Å². The SMILES string of the molecule is Cc1cc(Cl)cc2sc(N(CCCN(C)C)C(=O)c3ccc(S(=O)(=O)N4CCCc5ccccc54)cc3)nc12.Cl. The Labute approximate surface area is 250 Å². The van der Waals surface area contributed by atoms with Crippen LogP contribution in [-0.4, -0.2) is 57.9 Å². The Hall–Kier alpha value is -2.69. The Morgan fingerprint density at radius 2 is 1.80 bits per heavy atom. The average molecular weight is 620 g/mol. The monoisotopic (exact) mass is 618 g/mol.